The van der Waals surface area contributed by atoms with Crippen molar-refractivity contribution in [3.8, 4) is 5.06 Å². The van der Waals surface area contributed by atoms with E-state index in [1.807, 2.05) is 38.1 Å². The predicted molar refractivity (Wildman–Crippen MR) is 164 cm³/mol. The number of anilines is 1. The molecular weight excluding hydrogens is 605 g/mol. The minimum absolute atomic E-state index is 0.0381. The molecule has 2 fully saturated rings. The summed E-state index contributed by atoms with van der Waals surface area (Å²) in [6, 6.07) is 11.4. The summed E-state index contributed by atoms with van der Waals surface area (Å²) in [6.07, 6.45) is 3.40. The number of carbonyl (C=O) groups is 2. The van der Waals surface area contributed by atoms with E-state index in [-0.39, 0.29) is 11.8 Å². The number of H-pyrrole nitrogens is 2. The lowest BCUT2D eigenvalue weighted by Crippen LogP contribution is -2.32. The summed E-state index contributed by atoms with van der Waals surface area (Å²) in [7, 11) is 1.63. The van der Waals surface area contributed by atoms with Gasteiger partial charge < -0.3 is 21.1 Å². The Hall–Kier alpha value is -3.06. The number of thiophene rings is 2. The number of nitrogens with one attached hydrogen (secondary N) is 4. The zero-order valence-corrected chi connectivity index (χ0v) is 26.1. The second kappa shape index (κ2) is 13.3. The maximum Gasteiger partial charge on any atom is 0.232 e. The number of nitrogens with two attached hydrogens (primary N) is 1. The predicted octanol–water partition coefficient (Wildman–Crippen LogP) is 4.87. The lowest BCUT2D eigenvalue weighted by molar-refractivity contribution is -0.124. The Morgan fingerprint density at radius 1 is 0.902 bits per heavy atom. The molecule has 0 bridgehead atoms. The molecule has 2 amide bonds. The van der Waals surface area contributed by atoms with E-state index >= 15 is 0 Å². The summed E-state index contributed by atoms with van der Waals surface area (Å²) in [5, 5.41) is 20.5. The van der Waals surface area contributed by atoms with Crippen LogP contribution < -0.4 is 21.1 Å². The first-order chi connectivity index (χ1) is 19.5. The average Bonchev–Trinajstić information content (AvgIpc) is 3.78. The molecule has 6 rings (SSSR count). The molecule has 220 valence electrons. The summed E-state index contributed by atoms with van der Waals surface area (Å²) < 4.78 is 6.45. The first-order valence-electron chi connectivity index (χ1n) is 13.0. The van der Waals surface area contributed by atoms with Crippen LogP contribution in [0, 0.1) is 0 Å². The molecule has 2 aliphatic rings. The van der Waals surface area contributed by atoms with Crippen LogP contribution in [-0.2, 0) is 33.3 Å². The largest absolute Gasteiger partial charge is 0.487 e. The van der Waals surface area contributed by atoms with Gasteiger partial charge >= 0.3 is 0 Å². The number of aromatic amines is 2. The molecule has 6 N–H and O–H groups in total. The van der Waals surface area contributed by atoms with Gasteiger partial charge in [0.2, 0.25) is 11.8 Å². The highest BCUT2D eigenvalue weighted by atomic mass is 35.5. The van der Waals surface area contributed by atoms with Gasteiger partial charge in [0, 0.05) is 29.7 Å². The van der Waals surface area contributed by atoms with Gasteiger partial charge in [0.25, 0.3) is 0 Å². The van der Waals surface area contributed by atoms with Gasteiger partial charge in [-0.2, -0.15) is 10.2 Å². The van der Waals surface area contributed by atoms with Crippen LogP contribution in [0.2, 0.25) is 8.67 Å². The molecule has 0 saturated carbocycles. The molecule has 2 atom stereocenters. The van der Waals surface area contributed by atoms with Gasteiger partial charge in [0.1, 0.15) is 5.82 Å². The fourth-order valence-corrected chi connectivity index (χ4v) is 6.44. The fraction of sp³-hybridized carbons (Fsp3) is 0.407. The molecule has 0 aliphatic carbocycles. The Kier molecular flexibility index (Phi) is 10.0. The van der Waals surface area contributed by atoms with Crippen molar-refractivity contribution in [3.05, 3.63) is 67.0 Å². The Bertz CT molecular complexity index is 1480. The fourth-order valence-electron chi connectivity index (χ4n) is 4.51. The number of carbonyl (C=O) groups excluding carboxylic acids is 2. The molecule has 6 heterocycles. The number of aryl methyl sites for hydroxylation is 2. The van der Waals surface area contributed by atoms with Gasteiger partial charge in [-0.1, -0.05) is 34.5 Å². The Morgan fingerprint density at radius 3 is 2.05 bits per heavy atom. The van der Waals surface area contributed by atoms with Crippen LogP contribution in [0.15, 0.2) is 36.4 Å². The molecule has 2 aliphatic heterocycles. The van der Waals surface area contributed by atoms with Crippen LogP contribution in [0.4, 0.5) is 5.82 Å². The molecule has 2 unspecified atom stereocenters. The van der Waals surface area contributed by atoms with E-state index in [0.717, 1.165) is 63.0 Å². The van der Waals surface area contributed by atoms with Crippen molar-refractivity contribution < 1.29 is 14.3 Å². The third-order valence-electron chi connectivity index (χ3n) is 7.23. The van der Waals surface area contributed by atoms with E-state index in [1.165, 1.54) is 16.2 Å². The smallest absolute Gasteiger partial charge is 0.232 e. The van der Waals surface area contributed by atoms with E-state index in [9.17, 15) is 9.59 Å². The minimum atomic E-state index is -0.485. The lowest BCUT2D eigenvalue weighted by atomic mass is 9.85. The monoisotopic (exact) mass is 637 g/mol. The zero-order chi connectivity index (χ0) is 29.6. The van der Waals surface area contributed by atoms with Crippen molar-refractivity contribution in [1.29, 1.82) is 0 Å². The Morgan fingerprint density at radius 2 is 1.56 bits per heavy atom. The van der Waals surface area contributed by atoms with Crippen LogP contribution in [0.1, 0.15) is 48.6 Å². The van der Waals surface area contributed by atoms with Gasteiger partial charge in [0.05, 0.1) is 38.0 Å². The van der Waals surface area contributed by atoms with Crippen LogP contribution in [-0.4, -0.2) is 52.4 Å². The summed E-state index contributed by atoms with van der Waals surface area (Å²) in [4.78, 5) is 24.7. The van der Waals surface area contributed by atoms with Gasteiger partial charge in [0.15, 0.2) is 5.06 Å². The topological polar surface area (TPSA) is 151 Å². The summed E-state index contributed by atoms with van der Waals surface area (Å²) >= 11 is 14.5. The molecule has 4 aromatic rings. The molecule has 10 nitrogen and oxygen atoms in total. The summed E-state index contributed by atoms with van der Waals surface area (Å²) in [5.74, 6) is 0.535. The number of amides is 2. The molecule has 41 heavy (non-hydrogen) atoms. The molecule has 0 radical (unpaired) electrons. The van der Waals surface area contributed by atoms with Crippen molar-refractivity contribution in [2.75, 3.05) is 25.9 Å². The normalized spacial score (nSPS) is 21.4. The first kappa shape index (κ1) is 30.9. The summed E-state index contributed by atoms with van der Waals surface area (Å²) in [5.41, 5.74) is 7.20. The highest BCUT2D eigenvalue weighted by Crippen LogP contribution is 2.31. The van der Waals surface area contributed by atoms with Crippen molar-refractivity contribution in [1.82, 2.24) is 31.0 Å². The second-order valence-electron chi connectivity index (χ2n) is 10.1. The second-order valence-corrected chi connectivity index (χ2v) is 13.6. The number of halogens is 2. The van der Waals surface area contributed by atoms with E-state index < -0.39 is 10.8 Å². The molecule has 2 saturated heterocycles. The van der Waals surface area contributed by atoms with E-state index in [2.05, 4.69) is 37.1 Å². The van der Waals surface area contributed by atoms with Crippen molar-refractivity contribution in [2.24, 2.45) is 0 Å². The molecule has 0 aromatic carbocycles. The van der Waals surface area contributed by atoms with Gasteiger partial charge in [-0.3, -0.25) is 19.8 Å². The number of hydrogen-bond acceptors (Lipinski definition) is 8. The number of ether oxygens (including phenoxy) is 1. The number of nitrogens with zero attached hydrogens (tertiary/aromatic N) is 2. The third-order valence-corrected chi connectivity index (χ3v) is 9.71. The maximum atomic E-state index is 11.9. The molecular formula is C27H33Cl2N7O3S2. The van der Waals surface area contributed by atoms with Crippen LogP contribution >= 0.6 is 45.9 Å². The first-order valence-corrected chi connectivity index (χ1v) is 15.4. The number of methoxy groups -OCH3 is 1. The standard InChI is InChI=1S/C14H16ClN3OS.C8H12N4O.C5H5ClOS/c1-14(6-7-16-13(14)19)11-8-9(17-18-11)2-3-10-4-5-12(15)20-10;1-8(2-3-10-7(8)13)5-4-6(9)12-11-5;1-7-5-3-2-4(6)8-5/h4-5,8H,2-3,6-7H2,1H3,(H,16,19)(H,17,18);4H,2-3H2,1H3,(H,10,13)(H3,9,11,12);2-3H,1H3. The van der Waals surface area contributed by atoms with Gasteiger partial charge in [-0.25, -0.2) is 0 Å². The van der Waals surface area contributed by atoms with E-state index in [0.29, 0.717) is 12.4 Å². The number of nitrogen functional groups attached to an aromatic ring is 1. The van der Waals surface area contributed by atoms with Crippen LogP contribution in [0.3, 0.4) is 0 Å². The zero-order valence-electron chi connectivity index (χ0n) is 23.0. The van der Waals surface area contributed by atoms with Crippen LogP contribution in [0.25, 0.3) is 0 Å². The van der Waals surface area contributed by atoms with Crippen molar-refractivity contribution >= 4 is 63.5 Å². The number of rotatable bonds is 6. The van der Waals surface area contributed by atoms with Gasteiger partial charge in [-0.15, -0.1) is 11.3 Å². The van der Waals surface area contributed by atoms with E-state index in [1.54, 1.807) is 24.5 Å². The van der Waals surface area contributed by atoms with Crippen molar-refractivity contribution in [3.63, 3.8) is 0 Å². The summed E-state index contributed by atoms with van der Waals surface area (Å²) in [6.45, 7) is 5.29. The highest BCUT2D eigenvalue weighted by Gasteiger charge is 2.42. The Balaban J connectivity index is 0.000000158. The quantitative estimate of drug-likeness (QED) is 0.203. The maximum absolute atomic E-state index is 11.9. The SMILES string of the molecule is CC1(c2cc(CCc3ccc(Cl)s3)[nH]n2)CCNC1=O.CC1(c2cc(N)n[nH]2)CCNC1=O.COc1ccc(Cl)s1. The van der Waals surface area contributed by atoms with Gasteiger partial charge in [-0.05, 0) is 69.9 Å². The molecule has 0 spiro atoms. The Labute approximate surface area is 256 Å². The number of aromatic nitrogens is 4. The average molecular weight is 639 g/mol. The molecule has 14 heteroatoms. The minimum Gasteiger partial charge on any atom is -0.487 e. The van der Waals surface area contributed by atoms with E-state index in [4.69, 9.17) is 33.7 Å². The molecule has 4 aromatic heterocycles. The van der Waals surface area contributed by atoms with Crippen molar-refractivity contribution in [2.45, 2.75) is 50.4 Å². The highest BCUT2D eigenvalue weighted by molar-refractivity contribution is 7.17. The third kappa shape index (κ3) is 7.42. The van der Waals surface area contributed by atoms with Crippen LogP contribution in [0.5, 0.6) is 5.06 Å². The number of hydrogen-bond donors (Lipinski definition) is 5. The lowest BCUT2D eigenvalue weighted by Gasteiger charge is -2.17.